The minimum atomic E-state index is -0.747. The van der Waals surface area contributed by atoms with Gasteiger partial charge in [0.1, 0.15) is 16.7 Å². The highest BCUT2D eigenvalue weighted by atomic mass is 35.5. The molecule has 0 bridgehead atoms. The van der Waals surface area contributed by atoms with Crippen molar-refractivity contribution in [1.82, 2.24) is 0 Å². The van der Waals surface area contributed by atoms with Gasteiger partial charge in [-0.25, -0.2) is 4.79 Å². The van der Waals surface area contributed by atoms with E-state index < -0.39 is 10.4 Å². The summed E-state index contributed by atoms with van der Waals surface area (Å²) < 4.78 is 10.1. The largest absolute Gasteiger partial charge is 0.491 e. The number of hydrogen-bond acceptors (Lipinski definition) is 3. The normalized spacial score (nSPS) is 20.3. The zero-order valence-corrected chi connectivity index (χ0v) is 16.4. The summed E-state index contributed by atoms with van der Waals surface area (Å²) in [7, 11) is 0. The number of nitrogens with one attached hydrogen (secondary N) is 1. The molecule has 3 rings (SSSR count). The lowest BCUT2D eigenvalue weighted by molar-refractivity contribution is 0.155. The van der Waals surface area contributed by atoms with Crippen LogP contribution in [0.5, 0.6) is 5.75 Å². The number of hydrogen-bond donors (Lipinski definition) is 1. The minimum absolute atomic E-state index is 0.193. The standard InChI is InChI=1S/C19H18Cl3NO3/c1-18(11-19(18,21)22)12-26-16-8-7-14(9-15(16)20)23-17(24)25-10-13-5-3-2-4-6-13/h2-9H,10-12H2,1H3,(H,23,24). The first-order chi connectivity index (χ1) is 12.3. The van der Waals surface area contributed by atoms with Gasteiger partial charge in [-0.1, -0.05) is 48.9 Å². The maximum atomic E-state index is 11.9. The number of alkyl halides is 2. The molecular weight excluding hydrogens is 397 g/mol. The lowest BCUT2D eigenvalue weighted by Gasteiger charge is -2.15. The smallest absolute Gasteiger partial charge is 0.411 e. The summed E-state index contributed by atoms with van der Waals surface area (Å²) in [6.45, 7) is 2.52. The molecule has 0 aliphatic heterocycles. The van der Waals surface area contributed by atoms with Crippen molar-refractivity contribution in [2.75, 3.05) is 11.9 Å². The summed E-state index contributed by atoms with van der Waals surface area (Å²) >= 11 is 18.4. The molecule has 1 amide bonds. The lowest BCUT2D eigenvalue weighted by Crippen LogP contribution is -2.16. The number of ether oxygens (including phenoxy) is 2. The van der Waals surface area contributed by atoms with Crippen molar-refractivity contribution in [3.8, 4) is 5.75 Å². The molecule has 138 valence electrons. The SMILES string of the molecule is CC1(COc2ccc(NC(=O)OCc3ccccc3)cc2Cl)CC1(Cl)Cl. The maximum Gasteiger partial charge on any atom is 0.411 e. The van der Waals surface area contributed by atoms with Crippen molar-refractivity contribution in [3.05, 3.63) is 59.1 Å². The molecule has 1 saturated carbocycles. The molecule has 0 aromatic heterocycles. The Balaban J connectivity index is 1.51. The lowest BCUT2D eigenvalue weighted by atomic mass is 10.2. The zero-order chi connectivity index (χ0) is 18.8. The summed E-state index contributed by atoms with van der Waals surface area (Å²) in [4.78, 5) is 11.9. The van der Waals surface area contributed by atoms with Gasteiger partial charge in [0, 0.05) is 11.1 Å². The number of rotatable bonds is 6. The summed E-state index contributed by atoms with van der Waals surface area (Å²) in [6.07, 6.45) is 0.117. The Hall–Kier alpha value is -1.62. The van der Waals surface area contributed by atoms with Gasteiger partial charge >= 0.3 is 6.09 Å². The van der Waals surface area contributed by atoms with E-state index in [2.05, 4.69) is 5.32 Å². The van der Waals surface area contributed by atoms with E-state index in [1.54, 1.807) is 18.2 Å². The highest BCUT2D eigenvalue weighted by molar-refractivity contribution is 6.51. The molecule has 2 aromatic rings. The van der Waals surface area contributed by atoms with Gasteiger partial charge in [0.2, 0.25) is 0 Å². The van der Waals surface area contributed by atoms with Crippen molar-refractivity contribution < 1.29 is 14.3 Å². The van der Waals surface area contributed by atoms with Gasteiger partial charge in [0.15, 0.2) is 0 Å². The van der Waals surface area contributed by atoms with E-state index >= 15 is 0 Å². The van der Waals surface area contributed by atoms with Crippen molar-refractivity contribution in [2.24, 2.45) is 5.41 Å². The summed E-state index contributed by atoms with van der Waals surface area (Å²) in [5.41, 5.74) is 1.15. The molecule has 4 nitrogen and oxygen atoms in total. The van der Waals surface area contributed by atoms with Gasteiger partial charge in [0.25, 0.3) is 0 Å². The predicted molar refractivity (Wildman–Crippen MR) is 104 cm³/mol. The van der Waals surface area contributed by atoms with Crippen LogP contribution in [0.4, 0.5) is 10.5 Å². The molecular formula is C19H18Cl3NO3. The molecule has 2 aromatic carbocycles. The summed E-state index contributed by atoms with van der Waals surface area (Å²) in [6, 6.07) is 14.4. The predicted octanol–water partition coefficient (Wildman–Crippen LogP) is 6.05. The van der Waals surface area contributed by atoms with E-state index in [1.165, 1.54) is 0 Å². The molecule has 1 atom stereocenters. The second kappa shape index (κ2) is 7.55. The van der Waals surface area contributed by atoms with Crippen LogP contribution in [0.3, 0.4) is 0 Å². The third-order valence-corrected chi connectivity index (χ3v) is 5.78. The number of carbonyl (C=O) groups excluding carboxylic acids is 1. The van der Waals surface area contributed by atoms with Crippen LogP contribution >= 0.6 is 34.8 Å². The van der Waals surface area contributed by atoms with Gasteiger partial charge < -0.3 is 9.47 Å². The summed E-state index contributed by atoms with van der Waals surface area (Å²) in [5.74, 6) is 0.507. The van der Waals surface area contributed by atoms with E-state index in [9.17, 15) is 4.79 Å². The molecule has 0 radical (unpaired) electrons. The van der Waals surface area contributed by atoms with Crippen LogP contribution in [-0.4, -0.2) is 17.0 Å². The van der Waals surface area contributed by atoms with E-state index in [-0.39, 0.29) is 12.0 Å². The first-order valence-corrected chi connectivity index (χ1v) is 9.20. The second-order valence-corrected chi connectivity index (χ2v) is 8.45. The van der Waals surface area contributed by atoms with Crippen LogP contribution in [0.15, 0.2) is 48.5 Å². The Labute approximate surface area is 167 Å². The quantitative estimate of drug-likeness (QED) is 0.585. The monoisotopic (exact) mass is 413 g/mol. The highest BCUT2D eigenvalue weighted by Crippen LogP contribution is 2.63. The van der Waals surface area contributed by atoms with E-state index in [0.29, 0.717) is 29.5 Å². The van der Waals surface area contributed by atoms with Crippen molar-refractivity contribution in [1.29, 1.82) is 0 Å². The molecule has 1 N–H and O–H groups in total. The molecule has 26 heavy (non-hydrogen) atoms. The topological polar surface area (TPSA) is 47.6 Å². The highest BCUT2D eigenvalue weighted by Gasteiger charge is 2.63. The van der Waals surface area contributed by atoms with Gasteiger partial charge in [0.05, 0.1) is 11.6 Å². The fraction of sp³-hybridized carbons (Fsp3) is 0.316. The van der Waals surface area contributed by atoms with Crippen LogP contribution in [0.2, 0.25) is 5.02 Å². The van der Waals surface area contributed by atoms with E-state index in [1.807, 2.05) is 37.3 Å². The van der Waals surface area contributed by atoms with E-state index in [4.69, 9.17) is 44.3 Å². The fourth-order valence-electron chi connectivity index (χ4n) is 2.41. The average molecular weight is 415 g/mol. The Morgan fingerprint density at radius 1 is 1.19 bits per heavy atom. The number of halogens is 3. The third-order valence-electron chi connectivity index (χ3n) is 4.31. The molecule has 0 spiro atoms. The van der Waals surface area contributed by atoms with Crippen LogP contribution in [0.25, 0.3) is 0 Å². The van der Waals surface area contributed by atoms with Crippen LogP contribution in [0, 0.1) is 5.41 Å². The third kappa shape index (κ3) is 4.56. The number of anilines is 1. The first-order valence-electron chi connectivity index (χ1n) is 8.07. The molecule has 1 aliphatic rings. The second-order valence-electron chi connectivity index (χ2n) is 6.56. The molecule has 0 heterocycles. The first kappa shape index (κ1) is 19.2. The molecule has 1 aliphatic carbocycles. The van der Waals surface area contributed by atoms with Crippen LogP contribution < -0.4 is 10.1 Å². The Morgan fingerprint density at radius 2 is 1.88 bits per heavy atom. The van der Waals surface area contributed by atoms with Gasteiger partial charge in [-0.15, -0.1) is 23.2 Å². The Kier molecular flexibility index (Phi) is 5.56. The number of amides is 1. The molecule has 7 heteroatoms. The Morgan fingerprint density at radius 3 is 2.50 bits per heavy atom. The minimum Gasteiger partial charge on any atom is -0.491 e. The van der Waals surface area contributed by atoms with Gasteiger partial charge in [-0.2, -0.15) is 0 Å². The zero-order valence-electron chi connectivity index (χ0n) is 14.1. The molecule has 1 unspecified atom stereocenters. The van der Waals surface area contributed by atoms with Gasteiger partial charge in [-0.05, 0) is 30.2 Å². The number of benzene rings is 2. The average Bonchev–Trinajstić information content (AvgIpc) is 3.11. The van der Waals surface area contributed by atoms with Crippen LogP contribution in [0.1, 0.15) is 18.9 Å². The van der Waals surface area contributed by atoms with E-state index in [0.717, 1.165) is 5.56 Å². The fourth-order valence-corrected chi connectivity index (χ4v) is 3.35. The number of carbonyl (C=O) groups is 1. The van der Waals surface area contributed by atoms with Gasteiger partial charge in [-0.3, -0.25) is 5.32 Å². The molecule has 0 saturated heterocycles. The Bertz CT molecular complexity index is 798. The maximum absolute atomic E-state index is 11.9. The van der Waals surface area contributed by atoms with Crippen molar-refractivity contribution >= 4 is 46.6 Å². The van der Waals surface area contributed by atoms with Crippen molar-refractivity contribution in [3.63, 3.8) is 0 Å². The summed E-state index contributed by atoms with van der Waals surface area (Å²) in [5, 5.41) is 3.01. The van der Waals surface area contributed by atoms with Crippen molar-refractivity contribution in [2.45, 2.75) is 24.3 Å². The molecule has 1 fully saturated rings. The van der Waals surface area contributed by atoms with Crippen LogP contribution in [-0.2, 0) is 11.3 Å².